The number of aliphatic hydroxyl groups excluding tert-OH is 1. The second-order valence-corrected chi connectivity index (χ2v) is 4.57. The van der Waals surface area contributed by atoms with Crippen LogP contribution in [-0.2, 0) is 6.54 Å². The highest BCUT2D eigenvalue weighted by Gasteiger charge is 2.18. The van der Waals surface area contributed by atoms with Crippen LogP contribution in [0.25, 0.3) is 0 Å². The van der Waals surface area contributed by atoms with Crippen molar-refractivity contribution in [3.05, 3.63) is 29.8 Å². The van der Waals surface area contributed by atoms with Gasteiger partial charge in [-0.25, -0.2) is 0 Å². The van der Waals surface area contributed by atoms with Crippen LogP contribution in [0.5, 0.6) is 5.75 Å². The summed E-state index contributed by atoms with van der Waals surface area (Å²) >= 11 is 0. The van der Waals surface area contributed by atoms with E-state index in [-0.39, 0.29) is 6.10 Å². The Bertz CT molecular complexity index is 354. The van der Waals surface area contributed by atoms with E-state index in [0.29, 0.717) is 6.61 Å². The molecule has 1 heterocycles. The van der Waals surface area contributed by atoms with Crippen LogP contribution >= 0.6 is 0 Å². The van der Waals surface area contributed by atoms with E-state index in [4.69, 9.17) is 4.74 Å². The molecule has 0 aliphatic carbocycles. The Morgan fingerprint density at radius 2 is 2.24 bits per heavy atom. The normalized spacial score (nSPS) is 21.4. The molecular formula is C14H21NO2. The van der Waals surface area contributed by atoms with Crippen molar-refractivity contribution in [3.63, 3.8) is 0 Å². The number of β-amino-alcohol motifs (C(OH)–C–C–N with tert-alkyl or cyclic N) is 1. The summed E-state index contributed by atoms with van der Waals surface area (Å²) in [5.41, 5.74) is 1.21. The van der Waals surface area contributed by atoms with Gasteiger partial charge in [0.15, 0.2) is 0 Å². The van der Waals surface area contributed by atoms with Gasteiger partial charge in [-0.3, -0.25) is 4.90 Å². The average Bonchev–Trinajstić information content (AvgIpc) is 2.32. The number of piperidine rings is 1. The van der Waals surface area contributed by atoms with Crippen molar-refractivity contribution in [2.45, 2.75) is 32.4 Å². The summed E-state index contributed by atoms with van der Waals surface area (Å²) in [5, 5.41) is 9.66. The molecule has 1 atom stereocenters. The van der Waals surface area contributed by atoms with Gasteiger partial charge in [0.2, 0.25) is 0 Å². The van der Waals surface area contributed by atoms with Crippen LogP contribution in [-0.4, -0.2) is 35.8 Å². The van der Waals surface area contributed by atoms with Crippen LogP contribution in [0, 0.1) is 0 Å². The number of nitrogens with zero attached hydrogens (tertiary/aromatic N) is 1. The molecule has 1 aromatic rings. The van der Waals surface area contributed by atoms with Gasteiger partial charge in [0.05, 0.1) is 12.7 Å². The molecule has 17 heavy (non-hydrogen) atoms. The zero-order valence-corrected chi connectivity index (χ0v) is 10.4. The summed E-state index contributed by atoms with van der Waals surface area (Å²) < 4.78 is 5.62. The quantitative estimate of drug-likeness (QED) is 0.867. The van der Waals surface area contributed by atoms with E-state index in [1.807, 2.05) is 25.1 Å². The van der Waals surface area contributed by atoms with Crippen molar-refractivity contribution in [2.75, 3.05) is 19.7 Å². The van der Waals surface area contributed by atoms with Gasteiger partial charge in [0, 0.05) is 18.7 Å². The van der Waals surface area contributed by atoms with E-state index in [1.165, 1.54) is 5.56 Å². The van der Waals surface area contributed by atoms with Gasteiger partial charge in [-0.05, 0) is 32.4 Å². The first kappa shape index (κ1) is 12.4. The van der Waals surface area contributed by atoms with Crippen molar-refractivity contribution in [3.8, 4) is 5.75 Å². The fourth-order valence-corrected chi connectivity index (χ4v) is 2.35. The minimum Gasteiger partial charge on any atom is -0.494 e. The summed E-state index contributed by atoms with van der Waals surface area (Å²) in [6.45, 7) is 5.41. The Hall–Kier alpha value is -1.06. The van der Waals surface area contributed by atoms with Crippen LogP contribution in [0.4, 0.5) is 0 Å². The van der Waals surface area contributed by atoms with Crippen molar-refractivity contribution in [2.24, 2.45) is 0 Å². The molecular weight excluding hydrogens is 214 g/mol. The lowest BCUT2D eigenvalue weighted by Gasteiger charge is -2.30. The lowest BCUT2D eigenvalue weighted by Crippen LogP contribution is -2.37. The monoisotopic (exact) mass is 235 g/mol. The third kappa shape index (κ3) is 3.45. The van der Waals surface area contributed by atoms with Gasteiger partial charge in [-0.15, -0.1) is 0 Å². The van der Waals surface area contributed by atoms with Crippen LogP contribution in [0.1, 0.15) is 25.3 Å². The van der Waals surface area contributed by atoms with Gasteiger partial charge >= 0.3 is 0 Å². The zero-order valence-electron chi connectivity index (χ0n) is 10.4. The molecule has 0 aromatic heterocycles. The SMILES string of the molecule is CCOc1ccccc1CN1CCC[C@H](O)C1. The largest absolute Gasteiger partial charge is 0.494 e. The van der Waals surface area contributed by atoms with E-state index in [1.54, 1.807) is 0 Å². The number of benzene rings is 1. The number of rotatable bonds is 4. The molecule has 3 nitrogen and oxygen atoms in total. The Morgan fingerprint density at radius 3 is 3.00 bits per heavy atom. The maximum absolute atomic E-state index is 9.66. The fourth-order valence-electron chi connectivity index (χ4n) is 2.35. The highest BCUT2D eigenvalue weighted by Crippen LogP contribution is 2.21. The first-order valence-electron chi connectivity index (χ1n) is 6.40. The molecule has 0 bridgehead atoms. The molecule has 1 aromatic carbocycles. The third-order valence-corrected chi connectivity index (χ3v) is 3.15. The fraction of sp³-hybridized carbons (Fsp3) is 0.571. The third-order valence-electron chi connectivity index (χ3n) is 3.15. The van der Waals surface area contributed by atoms with Crippen LogP contribution in [0.3, 0.4) is 0 Å². The van der Waals surface area contributed by atoms with E-state index >= 15 is 0 Å². The van der Waals surface area contributed by atoms with Gasteiger partial charge in [-0.2, -0.15) is 0 Å². The molecule has 0 spiro atoms. The Morgan fingerprint density at radius 1 is 1.41 bits per heavy atom. The smallest absolute Gasteiger partial charge is 0.123 e. The van der Waals surface area contributed by atoms with Crippen molar-refractivity contribution < 1.29 is 9.84 Å². The summed E-state index contributed by atoms with van der Waals surface area (Å²) in [7, 11) is 0. The average molecular weight is 235 g/mol. The number of aliphatic hydroxyl groups is 1. The second kappa shape index (κ2) is 6.03. The van der Waals surface area contributed by atoms with Crippen molar-refractivity contribution in [1.29, 1.82) is 0 Å². The lowest BCUT2D eigenvalue weighted by molar-refractivity contribution is 0.0663. The standard InChI is InChI=1S/C14H21NO2/c1-2-17-14-8-4-3-6-12(14)10-15-9-5-7-13(16)11-15/h3-4,6,8,13,16H,2,5,7,9-11H2,1H3/t13-/m0/s1. The summed E-state index contributed by atoms with van der Waals surface area (Å²) in [4.78, 5) is 2.30. The molecule has 1 N–H and O–H groups in total. The predicted molar refractivity (Wildman–Crippen MR) is 68.1 cm³/mol. The van der Waals surface area contributed by atoms with Crippen LogP contribution in [0.15, 0.2) is 24.3 Å². The van der Waals surface area contributed by atoms with Gasteiger partial charge < -0.3 is 9.84 Å². The predicted octanol–water partition coefficient (Wildman–Crippen LogP) is 2.04. The molecule has 0 radical (unpaired) electrons. The highest BCUT2D eigenvalue weighted by atomic mass is 16.5. The number of hydrogen-bond donors (Lipinski definition) is 1. The maximum atomic E-state index is 9.66. The van der Waals surface area contributed by atoms with E-state index < -0.39 is 0 Å². The first-order valence-corrected chi connectivity index (χ1v) is 6.40. The van der Waals surface area contributed by atoms with E-state index in [0.717, 1.165) is 38.2 Å². The minimum atomic E-state index is -0.164. The molecule has 1 fully saturated rings. The van der Waals surface area contributed by atoms with Crippen LogP contribution in [0.2, 0.25) is 0 Å². The van der Waals surface area contributed by atoms with Gasteiger partial charge in [0.1, 0.15) is 5.75 Å². The molecule has 1 saturated heterocycles. The first-order chi connectivity index (χ1) is 8.29. The number of para-hydroxylation sites is 1. The van der Waals surface area contributed by atoms with Gasteiger partial charge in [-0.1, -0.05) is 18.2 Å². The molecule has 0 unspecified atom stereocenters. The topological polar surface area (TPSA) is 32.7 Å². The van der Waals surface area contributed by atoms with Crippen LogP contribution < -0.4 is 4.74 Å². The molecule has 1 aliphatic rings. The number of ether oxygens (including phenoxy) is 1. The summed E-state index contributed by atoms with van der Waals surface area (Å²) in [6.07, 6.45) is 1.85. The Labute approximate surface area is 103 Å². The number of hydrogen-bond acceptors (Lipinski definition) is 3. The molecule has 2 rings (SSSR count). The van der Waals surface area contributed by atoms with Crippen molar-refractivity contribution >= 4 is 0 Å². The molecule has 94 valence electrons. The Balaban J connectivity index is 2.01. The number of likely N-dealkylation sites (tertiary alicyclic amines) is 1. The Kier molecular flexibility index (Phi) is 4.40. The van der Waals surface area contributed by atoms with E-state index in [9.17, 15) is 5.11 Å². The van der Waals surface area contributed by atoms with E-state index in [2.05, 4.69) is 11.0 Å². The molecule has 0 saturated carbocycles. The summed E-state index contributed by atoms with van der Waals surface area (Å²) in [5.74, 6) is 0.968. The molecule has 1 aliphatic heterocycles. The lowest BCUT2D eigenvalue weighted by atomic mass is 10.1. The second-order valence-electron chi connectivity index (χ2n) is 4.57. The minimum absolute atomic E-state index is 0.164. The maximum Gasteiger partial charge on any atom is 0.123 e. The zero-order chi connectivity index (χ0) is 12.1. The molecule has 3 heteroatoms. The van der Waals surface area contributed by atoms with Gasteiger partial charge in [0.25, 0.3) is 0 Å². The molecule has 0 amide bonds. The summed E-state index contributed by atoms with van der Waals surface area (Å²) in [6, 6.07) is 8.16. The highest BCUT2D eigenvalue weighted by molar-refractivity contribution is 5.33. The van der Waals surface area contributed by atoms with Crippen molar-refractivity contribution in [1.82, 2.24) is 4.90 Å².